The number of methoxy groups -OCH3 is 2. The van der Waals surface area contributed by atoms with Gasteiger partial charge in [-0.15, -0.1) is 0 Å². The molecule has 1 aliphatic rings. The van der Waals surface area contributed by atoms with Crippen molar-refractivity contribution >= 4 is 5.82 Å². The van der Waals surface area contributed by atoms with Gasteiger partial charge in [-0.1, -0.05) is 11.2 Å². The molecule has 8 heteroatoms. The van der Waals surface area contributed by atoms with Crippen LogP contribution in [0.2, 0.25) is 0 Å². The molecule has 2 aromatic heterocycles. The topological polar surface area (TPSA) is 82.7 Å². The summed E-state index contributed by atoms with van der Waals surface area (Å²) in [5, 5.41) is 4.08. The van der Waals surface area contributed by atoms with E-state index in [0.717, 1.165) is 37.7 Å². The highest BCUT2D eigenvalue weighted by atomic mass is 16.5. The Kier molecular flexibility index (Phi) is 4.88. The Balaban J connectivity index is 1.60. The van der Waals surface area contributed by atoms with Gasteiger partial charge in [-0.05, 0) is 24.3 Å². The fourth-order valence-corrected chi connectivity index (χ4v) is 3.01. The number of benzene rings is 1. The van der Waals surface area contributed by atoms with Crippen LogP contribution in [-0.2, 0) is 4.74 Å². The van der Waals surface area contributed by atoms with E-state index < -0.39 is 0 Å². The number of anilines is 1. The van der Waals surface area contributed by atoms with E-state index in [2.05, 4.69) is 20.0 Å². The van der Waals surface area contributed by atoms with Gasteiger partial charge in [0.05, 0.1) is 38.6 Å². The van der Waals surface area contributed by atoms with Crippen LogP contribution in [0.15, 0.2) is 41.1 Å². The Morgan fingerprint density at radius 3 is 2.59 bits per heavy atom. The van der Waals surface area contributed by atoms with Gasteiger partial charge >= 0.3 is 0 Å². The predicted octanol–water partition coefficient (Wildman–Crippen LogP) is 2.65. The van der Waals surface area contributed by atoms with Crippen LogP contribution >= 0.6 is 0 Å². The first-order valence-electron chi connectivity index (χ1n) is 8.64. The van der Waals surface area contributed by atoms with Crippen molar-refractivity contribution in [1.29, 1.82) is 0 Å². The summed E-state index contributed by atoms with van der Waals surface area (Å²) in [5.74, 6) is 2.91. The Hall–Kier alpha value is -3.13. The molecule has 8 nitrogen and oxygen atoms in total. The van der Waals surface area contributed by atoms with E-state index in [1.807, 2.05) is 30.3 Å². The minimum absolute atomic E-state index is 0.399. The molecule has 27 heavy (non-hydrogen) atoms. The smallest absolute Gasteiger partial charge is 0.259 e. The van der Waals surface area contributed by atoms with E-state index in [9.17, 15) is 0 Å². The molecule has 3 heterocycles. The number of ether oxygens (including phenoxy) is 3. The third-order valence-electron chi connectivity index (χ3n) is 4.40. The monoisotopic (exact) mass is 368 g/mol. The molecule has 0 atom stereocenters. The molecular weight excluding hydrogens is 348 g/mol. The number of para-hydroxylation sites is 1. The summed E-state index contributed by atoms with van der Waals surface area (Å²) < 4.78 is 21.6. The molecule has 1 aliphatic heterocycles. The molecule has 0 aliphatic carbocycles. The van der Waals surface area contributed by atoms with Gasteiger partial charge in [-0.3, -0.25) is 0 Å². The average Bonchev–Trinajstić information content (AvgIpc) is 3.24. The summed E-state index contributed by atoms with van der Waals surface area (Å²) in [7, 11) is 3.17. The van der Waals surface area contributed by atoms with Gasteiger partial charge in [0, 0.05) is 19.3 Å². The van der Waals surface area contributed by atoms with Crippen molar-refractivity contribution in [3.05, 3.63) is 36.5 Å². The van der Waals surface area contributed by atoms with Crippen LogP contribution < -0.4 is 14.4 Å². The van der Waals surface area contributed by atoms with Gasteiger partial charge in [0.25, 0.3) is 5.89 Å². The molecule has 0 N–H and O–H groups in total. The third-order valence-corrected chi connectivity index (χ3v) is 4.40. The SMILES string of the molecule is COc1cccc(-c2noc(-c3ccc(N4CCOCC4)nc3)n2)c1OC. The highest BCUT2D eigenvalue weighted by Gasteiger charge is 2.18. The fraction of sp³-hybridized carbons (Fsp3) is 0.316. The summed E-state index contributed by atoms with van der Waals surface area (Å²) in [6, 6.07) is 9.41. The summed E-state index contributed by atoms with van der Waals surface area (Å²) in [4.78, 5) is 11.2. The lowest BCUT2D eigenvalue weighted by Gasteiger charge is -2.27. The van der Waals surface area contributed by atoms with Gasteiger partial charge < -0.3 is 23.6 Å². The first-order chi connectivity index (χ1) is 13.3. The Labute approximate surface area is 156 Å². The highest BCUT2D eigenvalue weighted by Crippen LogP contribution is 2.37. The maximum Gasteiger partial charge on any atom is 0.259 e. The maximum absolute atomic E-state index is 5.44. The third kappa shape index (κ3) is 3.43. The zero-order chi connectivity index (χ0) is 18.6. The van der Waals surface area contributed by atoms with Crippen molar-refractivity contribution in [2.24, 2.45) is 0 Å². The van der Waals surface area contributed by atoms with Gasteiger partial charge in [0.2, 0.25) is 5.82 Å². The predicted molar refractivity (Wildman–Crippen MR) is 99.1 cm³/mol. The zero-order valence-electron chi connectivity index (χ0n) is 15.2. The average molecular weight is 368 g/mol. The van der Waals surface area contributed by atoms with E-state index >= 15 is 0 Å². The summed E-state index contributed by atoms with van der Waals surface area (Å²) in [6.07, 6.45) is 1.74. The molecule has 140 valence electrons. The molecule has 1 fully saturated rings. The highest BCUT2D eigenvalue weighted by molar-refractivity contribution is 5.69. The Morgan fingerprint density at radius 1 is 1.04 bits per heavy atom. The second-order valence-corrected chi connectivity index (χ2v) is 5.97. The van der Waals surface area contributed by atoms with Gasteiger partial charge in [0.15, 0.2) is 11.5 Å². The number of aromatic nitrogens is 3. The molecular formula is C19H20N4O4. The minimum atomic E-state index is 0.399. The van der Waals surface area contributed by atoms with Crippen molar-refractivity contribution in [2.45, 2.75) is 0 Å². The van der Waals surface area contributed by atoms with E-state index in [0.29, 0.717) is 28.8 Å². The van der Waals surface area contributed by atoms with E-state index in [1.54, 1.807) is 20.4 Å². The van der Waals surface area contributed by atoms with Crippen LogP contribution in [0.5, 0.6) is 11.5 Å². The number of morpholine rings is 1. The molecule has 3 aromatic rings. The maximum atomic E-state index is 5.44. The number of rotatable bonds is 5. The van der Waals surface area contributed by atoms with Crippen molar-refractivity contribution in [1.82, 2.24) is 15.1 Å². The van der Waals surface area contributed by atoms with Crippen LogP contribution in [0.1, 0.15) is 0 Å². The number of pyridine rings is 1. The van der Waals surface area contributed by atoms with Crippen molar-refractivity contribution in [2.75, 3.05) is 45.4 Å². The Bertz CT molecular complexity index is 904. The van der Waals surface area contributed by atoms with Crippen molar-refractivity contribution < 1.29 is 18.7 Å². The molecule has 0 amide bonds. The second-order valence-electron chi connectivity index (χ2n) is 5.97. The lowest BCUT2D eigenvalue weighted by atomic mass is 10.1. The summed E-state index contributed by atoms with van der Waals surface area (Å²) in [5.41, 5.74) is 1.46. The molecule has 4 rings (SSSR count). The molecule has 0 radical (unpaired) electrons. The first-order valence-corrected chi connectivity index (χ1v) is 8.64. The fourth-order valence-electron chi connectivity index (χ4n) is 3.01. The van der Waals surface area contributed by atoms with Gasteiger partial charge in [-0.2, -0.15) is 4.98 Å². The van der Waals surface area contributed by atoms with Crippen LogP contribution in [0, 0.1) is 0 Å². The van der Waals surface area contributed by atoms with Gasteiger partial charge in [0.1, 0.15) is 5.82 Å². The van der Waals surface area contributed by atoms with Crippen LogP contribution in [0.3, 0.4) is 0 Å². The lowest BCUT2D eigenvalue weighted by molar-refractivity contribution is 0.122. The minimum Gasteiger partial charge on any atom is -0.493 e. The molecule has 1 saturated heterocycles. The number of hydrogen-bond acceptors (Lipinski definition) is 8. The molecule has 0 spiro atoms. The van der Waals surface area contributed by atoms with E-state index in [4.69, 9.17) is 18.7 Å². The Morgan fingerprint density at radius 2 is 1.89 bits per heavy atom. The quantitative estimate of drug-likeness (QED) is 0.680. The van der Waals surface area contributed by atoms with Crippen LogP contribution in [0.4, 0.5) is 5.82 Å². The molecule has 0 saturated carbocycles. The largest absolute Gasteiger partial charge is 0.493 e. The van der Waals surface area contributed by atoms with E-state index in [-0.39, 0.29) is 0 Å². The number of nitrogens with zero attached hydrogens (tertiary/aromatic N) is 4. The standard InChI is InChI=1S/C19H20N4O4/c1-24-15-5-3-4-14(17(15)25-2)18-21-19(27-22-18)13-6-7-16(20-12-13)23-8-10-26-11-9-23/h3-7,12H,8-11H2,1-2H3. The molecule has 0 bridgehead atoms. The van der Waals surface area contributed by atoms with Crippen molar-refractivity contribution in [3.63, 3.8) is 0 Å². The zero-order valence-corrected chi connectivity index (χ0v) is 15.2. The van der Waals surface area contributed by atoms with Crippen molar-refractivity contribution in [3.8, 4) is 34.3 Å². The van der Waals surface area contributed by atoms with E-state index in [1.165, 1.54) is 0 Å². The number of hydrogen-bond donors (Lipinski definition) is 0. The normalized spacial score (nSPS) is 14.2. The first kappa shape index (κ1) is 17.3. The van der Waals surface area contributed by atoms with Crippen LogP contribution in [-0.4, -0.2) is 55.6 Å². The van der Waals surface area contributed by atoms with Crippen LogP contribution in [0.25, 0.3) is 22.8 Å². The van der Waals surface area contributed by atoms with Gasteiger partial charge in [-0.25, -0.2) is 4.98 Å². The summed E-state index contributed by atoms with van der Waals surface area (Å²) in [6.45, 7) is 3.12. The second kappa shape index (κ2) is 7.63. The summed E-state index contributed by atoms with van der Waals surface area (Å²) >= 11 is 0. The lowest BCUT2D eigenvalue weighted by Crippen LogP contribution is -2.36. The molecule has 0 unspecified atom stereocenters. The molecule has 1 aromatic carbocycles.